The van der Waals surface area contributed by atoms with E-state index in [0.717, 1.165) is 23.0 Å². The van der Waals surface area contributed by atoms with Crippen LogP contribution >= 0.6 is 15.9 Å². The summed E-state index contributed by atoms with van der Waals surface area (Å²) in [5.74, 6) is 2.77. The standard InChI is InChI=1S/C25H22O4.CH3Br/c1-2-25(24(27)28-17-19(16-26)18-10-4-3-5-11-18)20-12-6-8-14-22(20)29-23-15-9-7-13-21(23)25;1-2/h3-16,26H,2,17H2,1H3;1H3. The van der Waals surface area contributed by atoms with Crippen LogP contribution in [-0.4, -0.2) is 23.5 Å². The van der Waals surface area contributed by atoms with Crippen LogP contribution in [0.2, 0.25) is 0 Å². The highest BCUT2D eigenvalue weighted by Gasteiger charge is 2.48. The molecule has 0 aliphatic carbocycles. The number of aliphatic hydroxyl groups excluding tert-OH is 1. The molecule has 0 amide bonds. The molecule has 1 aliphatic rings. The van der Waals surface area contributed by atoms with E-state index >= 15 is 0 Å². The largest absolute Gasteiger partial charge is 0.515 e. The molecule has 0 aromatic heterocycles. The molecular formula is C26H25BrO4. The summed E-state index contributed by atoms with van der Waals surface area (Å²) >= 11 is 2.94. The number of rotatable bonds is 5. The topological polar surface area (TPSA) is 55.8 Å². The minimum absolute atomic E-state index is 0.0215. The molecule has 0 bridgehead atoms. The van der Waals surface area contributed by atoms with Crippen molar-refractivity contribution in [2.24, 2.45) is 0 Å². The van der Waals surface area contributed by atoms with E-state index in [-0.39, 0.29) is 12.6 Å². The van der Waals surface area contributed by atoms with Gasteiger partial charge in [-0.3, -0.25) is 4.79 Å². The molecule has 0 unspecified atom stereocenters. The third-order valence-corrected chi connectivity index (χ3v) is 5.45. The van der Waals surface area contributed by atoms with Crippen LogP contribution in [0.3, 0.4) is 0 Å². The van der Waals surface area contributed by atoms with Gasteiger partial charge in [-0.25, -0.2) is 0 Å². The van der Waals surface area contributed by atoms with Crippen molar-refractivity contribution in [3.8, 4) is 11.5 Å². The van der Waals surface area contributed by atoms with E-state index in [0.29, 0.717) is 23.5 Å². The van der Waals surface area contributed by atoms with Gasteiger partial charge in [-0.15, -0.1) is 0 Å². The fourth-order valence-corrected chi connectivity index (χ4v) is 3.94. The summed E-state index contributed by atoms with van der Waals surface area (Å²) in [6.07, 6.45) is 1.51. The second-order valence-electron chi connectivity index (χ2n) is 6.95. The van der Waals surface area contributed by atoms with Crippen molar-refractivity contribution >= 4 is 27.5 Å². The van der Waals surface area contributed by atoms with Gasteiger partial charge < -0.3 is 14.6 Å². The average molecular weight is 481 g/mol. The molecular weight excluding hydrogens is 456 g/mol. The minimum atomic E-state index is -0.970. The number of carbonyl (C=O) groups excluding carboxylic acids is 1. The number of carbonyl (C=O) groups is 1. The summed E-state index contributed by atoms with van der Waals surface area (Å²) in [6, 6.07) is 24.5. The summed E-state index contributed by atoms with van der Waals surface area (Å²) in [5.41, 5.74) is 1.96. The van der Waals surface area contributed by atoms with E-state index in [2.05, 4.69) is 15.9 Å². The zero-order chi connectivity index (χ0) is 22.3. The molecule has 0 saturated carbocycles. The Hall–Kier alpha value is -3.05. The molecule has 0 atom stereocenters. The van der Waals surface area contributed by atoms with E-state index in [9.17, 15) is 9.90 Å². The highest BCUT2D eigenvalue weighted by molar-refractivity contribution is 9.08. The fraction of sp³-hybridized carbons (Fsp3) is 0.192. The number of hydrogen-bond donors (Lipinski definition) is 1. The summed E-state index contributed by atoms with van der Waals surface area (Å²) < 4.78 is 11.8. The Morgan fingerprint density at radius 1 is 0.935 bits per heavy atom. The molecule has 31 heavy (non-hydrogen) atoms. The van der Waals surface area contributed by atoms with Gasteiger partial charge in [0.05, 0.1) is 6.26 Å². The van der Waals surface area contributed by atoms with Gasteiger partial charge in [0, 0.05) is 16.7 Å². The lowest BCUT2D eigenvalue weighted by Gasteiger charge is -2.37. The number of alkyl halides is 1. The Kier molecular flexibility index (Phi) is 7.53. The molecule has 0 fully saturated rings. The number of benzene rings is 3. The van der Waals surface area contributed by atoms with Gasteiger partial charge in [0.1, 0.15) is 23.5 Å². The first-order valence-electron chi connectivity index (χ1n) is 10.0. The highest BCUT2D eigenvalue weighted by Crippen LogP contribution is 2.50. The lowest BCUT2D eigenvalue weighted by molar-refractivity contribution is -0.147. The molecule has 1 N–H and O–H groups in total. The maximum Gasteiger partial charge on any atom is 0.321 e. The Morgan fingerprint density at radius 3 is 1.97 bits per heavy atom. The van der Waals surface area contributed by atoms with E-state index in [1.807, 2.05) is 91.6 Å². The van der Waals surface area contributed by atoms with Crippen LogP contribution in [0.15, 0.2) is 85.1 Å². The monoisotopic (exact) mass is 480 g/mol. The number of aliphatic hydroxyl groups is 1. The van der Waals surface area contributed by atoms with Crippen molar-refractivity contribution in [1.29, 1.82) is 0 Å². The van der Waals surface area contributed by atoms with Crippen molar-refractivity contribution in [1.82, 2.24) is 0 Å². The van der Waals surface area contributed by atoms with E-state index in [1.165, 1.54) is 0 Å². The van der Waals surface area contributed by atoms with Crippen molar-refractivity contribution in [2.75, 3.05) is 12.4 Å². The average Bonchev–Trinajstić information content (AvgIpc) is 2.84. The van der Waals surface area contributed by atoms with Crippen LogP contribution in [0.25, 0.3) is 5.57 Å². The van der Waals surface area contributed by atoms with Crippen LogP contribution < -0.4 is 4.74 Å². The van der Waals surface area contributed by atoms with Crippen molar-refractivity contribution in [2.45, 2.75) is 18.8 Å². The first kappa shape index (κ1) is 22.6. The fourth-order valence-electron chi connectivity index (χ4n) is 3.94. The summed E-state index contributed by atoms with van der Waals surface area (Å²) in [4.78, 5) is 13.5. The number of hydrogen-bond acceptors (Lipinski definition) is 4. The molecule has 3 aromatic rings. The first-order chi connectivity index (χ1) is 15.2. The third-order valence-electron chi connectivity index (χ3n) is 5.45. The molecule has 3 aromatic carbocycles. The quantitative estimate of drug-likeness (QED) is 0.252. The lowest BCUT2D eigenvalue weighted by Crippen LogP contribution is -2.40. The Morgan fingerprint density at radius 2 is 1.45 bits per heavy atom. The molecule has 5 heteroatoms. The van der Waals surface area contributed by atoms with Gasteiger partial charge in [-0.1, -0.05) is 89.6 Å². The van der Waals surface area contributed by atoms with Crippen LogP contribution in [0, 0.1) is 0 Å². The van der Waals surface area contributed by atoms with Crippen LogP contribution in [0.1, 0.15) is 30.0 Å². The van der Waals surface area contributed by atoms with Crippen LogP contribution in [0.4, 0.5) is 0 Å². The van der Waals surface area contributed by atoms with Crippen molar-refractivity contribution < 1.29 is 19.4 Å². The molecule has 4 nitrogen and oxygen atoms in total. The molecule has 160 valence electrons. The third kappa shape index (κ3) is 4.23. The SMILES string of the molecule is CBr.CCC1(C(=O)OCC(=CO)c2ccccc2)c2ccccc2Oc2ccccc21. The molecule has 0 spiro atoms. The van der Waals surface area contributed by atoms with Crippen LogP contribution in [0.5, 0.6) is 11.5 Å². The van der Waals surface area contributed by atoms with Gasteiger partial charge in [-0.05, 0) is 30.0 Å². The second-order valence-corrected chi connectivity index (χ2v) is 6.95. The number of esters is 1. The van der Waals surface area contributed by atoms with Gasteiger partial charge in [0.15, 0.2) is 0 Å². The second kappa shape index (κ2) is 10.3. The van der Waals surface area contributed by atoms with E-state index < -0.39 is 5.41 Å². The molecule has 1 aliphatic heterocycles. The Bertz CT molecular complexity index is 1010. The Balaban J connectivity index is 0.00000132. The summed E-state index contributed by atoms with van der Waals surface area (Å²) in [5, 5.41) is 9.67. The highest BCUT2D eigenvalue weighted by atomic mass is 79.9. The number of para-hydroxylation sites is 2. The van der Waals surface area contributed by atoms with Gasteiger partial charge in [-0.2, -0.15) is 0 Å². The Labute approximate surface area is 191 Å². The van der Waals surface area contributed by atoms with Crippen molar-refractivity contribution in [3.63, 3.8) is 0 Å². The van der Waals surface area contributed by atoms with E-state index in [1.54, 1.807) is 0 Å². The van der Waals surface area contributed by atoms with Gasteiger partial charge in [0.25, 0.3) is 0 Å². The van der Waals surface area contributed by atoms with Crippen LogP contribution in [-0.2, 0) is 14.9 Å². The molecule has 4 rings (SSSR count). The molecule has 0 radical (unpaired) electrons. The predicted molar refractivity (Wildman–Crippen MR) is 127 cm³/mol. The maximum atomic E-state index is 13.5. The zero-order valence-corrected chi connectivity index (χ0v) is 19.1. The predicted octanol–water partition coefficient (Wildman–Crippen LogP) is 6.64. The molecule has 0 saturated heterocycles. The summed E-state index contributed by atoms with van der Waals surface area (Å²) in [7, 11) is 0. The number of fused-ring (bicyclic) bond motifs is 2. The zero-order valence-electron chi connectivity index (χ0n) is 17.5. The molecule has 1 heterocycles. The van der Waals surface area contributed by atoms with Gasteiger partial charge >= 0.3 is 5.97 Å². The van der Waals surface area contributed by atoms with E-state index in [4.69, 9.17) is 9.47 Å². The normalized spacial score (nSPS) is 13.6. The smallest absolute Gasteiger partial charge is 0.321 e. The first-order valence-corrected chi connectivity index (χ1v) is 11.6. The summed E-state index contributed by atoms with van der Waals surface area (Å²) in [6.45, 7) is 1.95. The minimum Gasteiger partial charge on any atom is -0.515 e. The number of halogens is 1. The maximum absolute atomic E-state index is 13.5. The van der Waals surface area contributed by atoms with Crippen molar-refractivity contribution in [3.05, 3.63) is 102 Å². The van der Waals surface area contributed by atoms with Gasteiger partial charge in [0.2, 0.25) is 0 Å². The lowest BCUT2D eigenvalue weighted by atomic mass is 9.70. The number of ether oxygens (including phenoxy) is 2.